The summed E-state index contributed by atoms with van der Waals surface area (Å²) in [5, 5.41) is 19.4. The van der Waals surface area contributed by atoms with E-state index in [2.05, 4.69) is 5.16 Å². The first-order chi connectivity index (χ1) is 10.9. The van der Waals surface area contributed by atoms with Crippen molar-refractivity contribution in [3.8, 4) is 28.1 Å². The summed E-state index contributed by atoms with van der Waals surface area (Å²) in [6.45, 7) is 1.72. The lowest BCUT2D eigenvalue weighted by molar-refractivity contribution is 0.400. The minimum Gasteiger partial charge on any atom is -0.507 e. The molecule has 3 rings (SSSR count). The number of primary sulfonamides is 1. The molecule has 0 aliphatic heterocycles. The smallest absolute Gasteiger partial charge is 0.238 e. The maximum Gasteiger partial charge on any atom is 0.238 e. The molecule has 2 aromatic carbocycles. The van der Waals surface area contributed by atoms with Crippen LogP contribution in [0.3, 0.4) is 0 Å². The average Bonchev–Trinajstić information content (AvgIpc) is 2.89. The maximum atomic E-state index is 11.4. The van der Waals surface area contributed by atoms with Crippen LogP contribution < -0.4 is 5.14 Å². The molecule has 0 aliphatic carbocycles. The number of hydrogen-bond donors (Lipinski definition) is 2. The largest absolute Gasteiger partial charge is 0.507 e. The van der Waals surface area contributed by atoms with Crippen LogP contribution in [0.5, 0.6) is 5.75 Å². The van der Waals surface area contributed by atoms with Gasteiger partial charge in [-0.3, -0.25) is 0 Å². The molecule has 0 spiro atoms. The Labute approximate surface area is 133 Å². The Morgan fingerprint density at radius 2 is 1.83 bits per heavy atom. The van der Waals surface area contributed by atoms with E-state index in [1.807, 2.05) is 30.3 Å². The van der Waals surface area contributed by atoms with Crippen molar-refractivity contribution in [3.05, 3.63) is 54.3 Å². The number of aromatic nitrogens is 1. The van der Waals surface area contributed by atoms with Gasteiger partial charge in [-0.1, -0.05) is 35.5 Å². The van der Waals surface area contributed by atoms with Crippen molar-refractivity contribution in [2.45, 2.75) is 11.8 Å². The van der Waals surface area contributed by atoms with Crippen molar-refractivity contribution in [1.82, 2.24) is 5.16 Å². The molecule has 0 saturated heterocycles. The van der Waals surface area contributed by atoms with Crippen LogP contribution in [0.1, 0.15) is 5.76 Å². The number of hydrogen-bond acceptors (Lipinski definition) is 5. The van der Waals surface area contributed by atoms with Crippen LogP contribution >= 0.6 is 0 Å². The Morgan fingerprint density at radius 3 is 2.43 bits per heavy atom. The van der Waals surface area contributed by atoms with E-state index in [0.29, 0.717) is 22.6 Å². The van der Waals surface area contributed by atoms with E-state index in [0.717, 1.165) is 11.6 Å². The van der Waals surface area contributed by atoms with E-state index in [1.54, 1.807) is 6.92 Å². The first-order valence-electron chi connectivity index (χ1n) is 6.76. The number of rotatable bonds is 3. The van der Waals surface area contributed by atoms with Gasteiger partial charge in [-0.05, 0) is 19.1 Å². The third-order valence-corrected chi connectivity index (χ3v) is 4.39. The minimum absolute atomic E-state index is 0.158. The second-order valence-corrected chi connectivity index (χ2v) is 6.61. The fourth-order valence-electron chi connectivity index (χ4n) is 2.38. The van der Waals surface area contributed by atoms with Crippen molar-refractivity contribution in [2.24, 2.45) is 5.14 Å². The monoisotopic (exact) mass is 330 g/mol. The predicted molar refractivity (Wildman–Crippen MR) is 85.2 cm³/mol. The Kier molecular flexibility index (Phi) is 3.67. The molecule has 118 valence electrons. The molecule has 0 atom stereocenters. The van der Waals surface area contributed by atoms with Gasteiger partial charge in [0.1, 0.15) is 17.2 Å². The molecule has 0 unspecified atom stereocenters. The molecule has 0 fully saturated rings. The van der Waals surface area contributed by atoms with Crippen molar-refractivity contribution >= 4 is 10.0 Å². The lowest BCUT2D eigenvalue weighted by atomic mass is 9.99. The molecule has 0 amide bonds. The highest BCUT2D eigenvalue weighted by Crippen LogP contribution is 2.39. The van der Waals surface area contributed by atoms with Gasteiger partial charge >= 0.3 is 0 Å². The standard InChI is InChI=1S/C16H14N2O4S/c1-10-15(16(18-22-10)11-5-3-2-4-6-11)13-8-7-12(9-14(13)19)23(17,20)21/h2-9,19H,1H3,(H2,17,20,21). The zero-order valence-corrected chi connectivity index (χ0v) is 13.0. The zero-order chi connectivity index (χ0) is 16.6. The number of benzene rings is 2. The van der Waals surface area contributed by atoms with E-state index >= 15 is 0 Å². The summed E-state index contributed by atoms with van der Waals surface area (Å²) >= 11 is 0. The normalized spacial score (nSPS) is 11.6. The average molecular weight is 330 g/mol. The van der Waals surface area contributed by atoms with E-state index in [1.165, 1.54) is 12.1 Å². The second-order valence-electron chi connectivity index (χ2n) is 5.05. The SMILES string of the molecule is Cc1onc(-c2ccccc2)c1-c1ccc(S(N)(=O)=O)cc1O. The summed E-state index contributed by atoms with van der Waals surface area (Å²) in [4.78, 5) is -0.158. The van der Waals surface area contributed by atoms with E-state index in [-0.39, 0.29) is 10.6 Å². The summed E-state index contributed by atoms with van der Waals surface area (Å²) < 4.78 is 28.0. The lowest BCUT2D eigenvalue weighted by Crippen LogP contribution is -2.11. The number of aryl methyl sites for hydroxylation is 1. The van der Waals surface area contributed by atoms with Gasteiger partial charge < -0.3 is 9.63 Å². The topological polar surface area (TPSA) is 106 Å². The molecular weight excluding hydrogens is 316 g/mol. The van der Waals surface area contributed by atoms with Crippen LogP contribution in [0.15, 0.2) is 57.9 Å². The number of nitrogens with two attached hydrogens (primary N) is 1. The zero-order valence-electron chi connectivity index (χ0n) is 12.2. The number of aromatic hydroxyl groups is 1. The van der Waals surface area contributed by atoms with Gasteiger partial charge in [-0.15, -0.1) is 0 Å². The summed E-state index contributed by atoms with van der Waals surface area (Å²) in [5.41, 5.74) is 2.43. The van der Waals surface area contributed by atoms with Crippen molar-refractivity contribution in [1.29, 1.82) is 0 Å². The summed E-state index contributed by atoms with van der Waals surface area (Å²) in [5.74, 6) is 0.308. The minimum atomic E-state index is -3.88. The summed E-state index contributed by atoms with van der Waals surface area (Å²) in [6.07, 6.45) is 0. The highest BCUT2D eigenvalue weighted by atomic mass is 32.2. The van der Waals surface area contributed by atoms with E-state index < -0.39 is 10.0 Å². The van der Waals surface area contributed by atoms with Gasteiger partial charge in [0.05, 0.1) is 10.5 Å². The van der Waals surface area contributed by atoms with Crippen molar-refractivity contribution in [2.75, 3.05) is 0 Å². The second kappa shape index (κ2) is 5.53. The van der Waals surface area contributed by atoms with Crippen molar-refractivity contribution < 1.29 is 18.0 Å². The third kappa shape index (κ3) is 2.84. The third-order valence-electron chi connectivity index (χ3n) is 3.48. The van der Waals surface area contributed by atoms with Crippen molar-refractivity contribution in [3.63, 3.8) is 0 Å². The summed E-state index contributed by atoms with van der Waals surface area (Å²) in [7, 11) is -3.88. The highest BCUT2D eigenvalue weighted by Gasteiger charge is 2.20. The molecule has 6 nitrogen and oxygen atoms in total. The number of phenols is 1. The highest BCUT2D eigenvalue weighted by molar-refractivity contribution is 7.89. The number of phenolic OH excluding ortho intramolecular Hbond substituents is 1. The van der Waals surface area contributed by atoms with Crippen LogP contribution in [0.2, 0.25) is 0 Å². The van der Waals surface area contributed by atoms with E-state index in [4.69, 9.17) is 9.66 Å². The molecule has 3 aromatic rings. The molecule has 1 aromatic heterocycles. The fourth-order valence-corrected chi connectivity index (χ4v) is 2.92. The van der Waals surface area contributed by atoms with Crippen LogP contribution in [-0.2, 0) is 10.0 Å². The molecule has 0 radical (unpaired) electrons. The van der Waals surface area contributed by atoms with Gasteiger partial charge in [-0.25, -0.2) is 13.6 Å². The predicted octanol–water partition coefficient (Wildman–Crippen LogP) is 2.67. The Bertz CT molecular complexity index is 963. The van der Waals surface area contributed by atoms with E-state index in [9.17, 15) is 13.5 Å². The molecule has 3 N–H and O–H groups in total. The Morgan fingerprint density at radius 1 is 1.13 bits per heavy atom. The van der Waals surface area contributed by atoms with Gasteiger partial charge in [0.2, 0.25) is 10.0 Å². The quantitative estimate of drug-likeness (QED) is 0.768. The number of nitrogens with zero attached hydrogens (tertiary/aromatic N) is 1. The maximum absolute atomic E-state index is 11.4. The van der Waals surface area contributed by atoms with Crippen LogP contribution in [-0.4, -0.2) is 18.7 Å². The molecule has 0 saturated carbocycles. The lowest BCUT2D eigenvalue weighted by Gasteiger charge is -2.07. The molecule has 7 heteroatoms. The van der Waals surface area contributed by atoms with Gasteiger partial charge in [0, 0.05) is 17.2 Å². The Hall–Kier alpha value is -2.64. The van der Waals surface area contributed by atoms with Crippen LogP contribution in [0, 0.1) is 6.92 Å². The fraction of sp³-hybridized carbons (Fsp3) is 0.0625. The van der Waals surface area contributed by atoms with Crippen LogP contribution in [0.25, 0.3) is 22.4 Å². The first-order valence-corrected chi connectivity index (χ1v) is 8.30. The molecule has 1 heterocycles. The Balaban J connectivity index is 2.19. The molecule has 23 heavy (non-hydrogen) atoms. The number of sulfonamides is 1. The van der Waals surface area contributed by atoms with Gasteiger partial charge in [0.25, 0.3) is 0 Å². The first kappa shape index (κ1) is 15.3. The summed E-state index contributed by atoms with van der Waals surface area (Å²) in [6, 6.07) is 13.3. The molecule has 0 bridgehead atoms. The molecule has 0 aliphatic rings. The van der Waals surface area contributed by atoms with Crippen LogP contribution in [0.4, 0.5) is 0 Å². The molecular formula is C16H14N2O4S. The van der Waals surface area contributed by atoms with Gasteiger partial charge in [-0.2, -0.15) is 0 Å². The van der Waals surface area contributed by atoms with Gasteiger partial charge in [0.15, 0.2) is 0 Å².